The predicted molar refractivity (Wildman–Crippen MR) is 49.0 cm³/mol. The summed E-state index contributed by atoms with van der Waals surface area (Å²) >= 11 is 0. The average Bonchev–Trinajstić information content (AvgIpc) is 2.14. The lowest BCUT2D eigenvalue weighted by Gasteiger charge is -1.97. The Hall–Kier alpha value is -1.31. The SMILES string of the molecule is CC/[C]=N\OCc1ccccc1. The van der Waals surface area contributed by atoms with Crippen LogP contribution in [0.15, 0.2) is 35.5 Å². The molecule has 0 aliphatic heterocycles. The van der Waals surface area contributed by atoms with E-state index >= 15 is 0 Å². The molecule has 0 aromatic heterocycles. The van der Waals surface area contributed by atoms with Crippen LogP contribution >= 0.6 is 0 Å². The van der Waals surface area contributed by atoms with E-state index in [0.717, 1.165) is 12.0 Å². The number of hydrogen-bond donors (Lipinski definition) is 0. The van der Waals surface area contributed by atoms with E-state index in [2.05, 4.69) is 11.4 Å². The van der Waals surface area contributed by atoms with Crippen molar-refractivity contribution in [1.29, 1.82) is 0 Å². The van der Waals surface area contributed by atoms with Crippen LogP contribution in [0.4, 0.5) is 0 Å². The van der Waals surface area contributed by atoms with Gasteiger partial charge in [-0.1, -0.05) is 42.4 Å². The Morgan fingerprint density at radius 3 is 2.75 bits per heavy atom. The molecular formula is C10H12NO. The van der Waals surface area contributed by atoms with Crippen molar-refractivity contribution in [3.8, 4) is 0 Å². The molecule has 0 aliphatic rings. The number of hydrogen-bond acceptors (Lipinski definition) is 2. The van der Waals surface area contributed by atoms with Gasteiger partial charge < -0.3 is 4.84 Å². The average molecular weight is 162 g/mol. The van der Waals surface area contributed by atoms with Crippen LogP contribution in [0, 0.1) is 0 Å². The van der Waals surface area contributed by atoms with Crippen molar-refractivity contribution in [2.75, 3.05) is 0 Å². The van der Waals surface area contributed by atoms with Crippen LogP contribution in [0.3, 0.4) is 0 Å². The highest BCUT2D eigenvalue weighted by atomic mass is 16.6. The molecule has 0 heterocycles. The second-order valence-corrected chi connectivity index (χ2v) is 2.36. The zero-order chi connectivity index (χ0) is 8.65. The Labute approximate surface area is 72.9 Å². The van der Waals surface area contributed by atoms with Gasteiger partial charge in [0.25, 0.3) is 0 Å². The second-order valence-electron chi connectivity index (χ2n) is 2.36. The van der Waals surface area contributed by atoms with E-state index in [1.807, 2.05) is 37.3 Å². The predicted octanol–water partition coefficient (Wildman–Crippen LogP) is 2.48. The van der Waals surface area contributed by atoms with Crippen molar-refractivity contribution < 1.29 is 4.84 Å². The van der Waals surface area contributed by atoms with Crippen LogP contribution in [0.5, 0.6) is 0 Å². The molecule has 1 aromatic carbocycles. The molecule has 0 bridgehead atoms. The monoisotopic (exact) mass is 162 g/mol. The smallest absolute Gasteiger partial charge is 0.142 e. The van der Waals surface area contributed by atoms with E-state index in [0.29, 0.717) is 6.61 Å². The van der Waals surface area contributed by atoms with Gasteiger partial charge in [-0.05, 0) is 12.0 Å². The maximum absolute atomic E-state index is 4.97. The van der Waals surface area contributed by atoms with Crippen LogP contribution in [-0.4, -0.2) is 6.21 Å². The zero-order valence-corrected chi connectivity index (χ0v) is 7.16. The summed E-state index contributed by atoms with van der Waals surface area (Å²) in [6.07, 6.45) is 3.51. The van der Waals surface area contributed by atoms with Crippen LogP contribution < -0.4 is 0 Å². The Bertz CT molecular complexity index is 231. The zero-order valence-electron chi connectivity index (χ0n) is 7.16. The third-order valence-corrected chi connectivity index (χ3v) is 1.36. The molecule has 1 radical (unpaired) electrons. The third-order valence-electron chi connectivity index (χ3n) is 1.36. The molecule has 0 aliphatic carbocycles. The van der Waals surface area contributed by atoms with Crippen molar-refractivity contribution >= 4 is 6.21 Å². The highest BCUT2D eigenvalue weighted by Crippen LogP contribution is 1.99. The van der Waals surface area contributed by atoms with Crippen LogP contribution in [-0.2, 0) is 11.4 Å². The molecule has 63 valence electrons. The summed E-state index contributed by atoms with van der Waals surface area (Å²) in [5, 5.41) is 3.64. The number of rotatable bonds is 4. The van der Waals surface area contributed by atoms with Gasteiger partial charge in [-0.2, -0.15) is 0 Å². The fourth-order valence-corrected chi connectivity index (χ4v) is 0.791. The van der Waals surface area contributed by atoms with Crippen LogP contribution in [0.1, 0.15) is 18.9 Å². The molecule has 1 aromatic rings. The molecule has 1 rings (SSSR count). The molecule has 0 saturated carbocycles. The molecule has 0 atom stereocenters. The van der Waals surface area contributed by atoms with Gasteiger partial charge in [0.1, 0.15) is 12.8 Å². The van der Waals surface area contributed by atoms with Crippen LogP contribution in [0.2, 0.25) is 0 Å². The van der Waals surface area contributed by atoms with E-state index in [9.17, 15) is 0 Å². The summed E-state index contributed by atoms with van der Waals surface area (Å²) in [6, 6.07) is 9.94. The van der Waals surface area contributed by atoms with Gasteiger partial charge in [0.05, 0.1) is 0 Å². The quantitative estimate of drug-likeness (QED) is 0.492. The molecule has 0 unspecified atom stereocenters. The maximum Gasteiger partial charge on any atom is 0.142 e. The molecule has 0 amide bonds. The van der Waals surface area contributed by atoms with E-state index in [4.69, 9.17) is 4.84 Å². The first-order valence-electron chi connectivity index (χ1n) is 4.02. The van der Waals surface area contributed by atoms with Gasteiger partial charge in [-0.15, -0.1) is 0 Å². The lowest BCUT2D eigenvalue weighted by Crippen LogP contribution is -1.85. The molecule has 2 nitrogen and oxygen atoms in total. The summed E-state index contributed by atoms with van der Waals surface area (Å²) in [5.74, 6) is 0. The summed E-state index contributed by atoms with van der Waals surface area (Å²) in [4.78, 5) is 4.97. The molecule has 0 fully saturated rings. The Morgan fingerprint density at radius 2 is 2.08 bits per heavy atom. The molecular weight excluding hydrogens is 150 g/mol. The summed E-state index contributed by atoms with van der Waals surface area (Å²) in [5.41, 5.74) is 1.12. The first-order chi connectivity index (χ1) is 5.93. The van der Waals surface area contributed by atoms with E-state index in [1.54, 1.807) is 0 Å². The fourth-order valence-electron chi connectivity index (χ4n) is 0.791. The third kappa shape index (κ3) is 3.19. The minimum atomic E-state index is 0.522. The van der Waals surface area contributed by atoms with Gasteiger partial charge in [0.15, 0.2) is 0 Å². The normalized spacial score (nSPS) is 10.4. The minimum Gasteiger partial charge on any atom is -0.391 e. The van der Waals surface area contributed by atoms with E-state index < -0.39 is 0 Å². The number of benzene rings is 1. The largest absolute Gasteiger partial charge is 0.391 e. The van der Waals surface area contributed by atoms with E-state index in [1.165, 1.54) is 0 Å². The first kappa shape index (κ1) is 8.78. The topological polar surface area (TPSA) is 21.6 Å². The Kier molecular flexibility index (Phi) is 3.92. The van der Waals surface area contributed by atoms with Crippen molar-refractivity contribution in [3.05, 3.63) is 35.9 Å². The Morgan fingerprint density at radius 1 is 1.33 bits per heavy atom. The van der Waals surface area contributed by atoms with Gasteiger partial charge in [-0.25, -0.2) is 0 Å². The van der Waals surface area contributed by atoms with Gasteiger partial charge in [-0.3, -0.25) is 0 Å². The standard InChI is InChI=1S/C10H12NO/c1-2-8-11-12-9-10-6-4-3-5-7-10/h3-7H,2,9H2,1H3. The molecule has 0 N–H and O–H groups in total. The van der Waals surface area contributed by atoms with Crippen molar-refractivity contribution in [2.45, 2.75) is 20.0 Å². The van der Waals surface area contributed by atoms with Gasteiger partial charge in [0, 0.05) is 0 Å². The fraction of sp³-hybridized carbons (Fsp3) is 0.300. The molecule has 0 saturated heterocycles. The second kappa shape index (κ2) is 5.35. The molecule has 2 heteroatoms. The van der Waals surface area contributed by atoms with Gasteiger partial charge in [0.2, 0.25) is 0 Å². The number of nitrogens with zero attached hydrogens (tertiary/aromatic N) is 1. The van der Waals surface area contributed by atoms with Crippen LogP contribution in [0.25, 0.3) is 0 Å². The molecule has 12 heavy (non-hydrogen) atoms. The van der Waals surface area contributed by atoms with Crippen molar-refractivity contribution in [3.63, 3.8) is 0 Å². The lowest BCUT2D eigenvalue weighted by atomic mass is 10.2. The minimum absolute atomic E-state index is 0.522. The lowest BCUT2D eigenvalue weighted by molar-refractivity contribution is 0.131. The Balaban J connectivity index is 2.29. The molecule has 0 spiro atoms. The summed E-state index contributed by atoms with van der Waals surface area (Å²) in [7, 11) is 0. The maximum atomic E-state index is 4.97. The summed E-state index contributed by atoms with van der Waals surface area (Å²) < 4.78 is 0. The highest BCUT2D eigenvalue weighted by Gasteiger charge is 1.87. The van der Waals surface area contributed by atoms with Gasteiger partial charge >= 0.3 is 0 Å². The van der Waals surface area contributed by atoms with Crippen molar-refractivity contribution in [2.24, 2.45) is 5.16 Å². The first-order valence-corrected chi connectivity index (χ1v) is 4.02. The van der Waals surface area contributed by atoms with E-state index in [-0.39, 0.29) is 0 Å². The highest BCUT2D eigenvalue weighted by molar-refractivity contribution is 5.55. The van der Waals surface area contributed by atoms with Crippen molar-refractivity contribution in [1.82, 2.24) is 0 Å². The summed E-state index contributed by atoms with van der Waals surface area (Å²) in [6.45, 7) is 2.49.